The van der Waals surface area contributed by atoms with E-state index in [4.69, 9.17) is 4.42 Å². The van der Waals surface area contributed by atoms with Crippen LogP contribution in [0.3, 0.4) is 0 Å². The van der Waals surface area contributed by atoms with E-state index in [-0.39, 0.29) is 0 Å². The average Bonchev–Trinajstić information content (AvgIpc) is 2.77. The van der Waals surface area contributed by atoms with Crippen LogP contribution in [0.1, 0.15) is 24.2 Å². The largest absolute Gasteiger partial charge is 0.468 e. The molecule has 1 fully saturated rings. The van der Waals surface area contributed by atoms with Crippen molar-refractivity contribution in [2.75, 3.05) is 34.2 Å². The normalized spacial score (nSPS) is 21.7. The van der Waals surface area contributed by atoms with E-state index >= 15 is 0 Å². The summed E-state index contributed by atoms with van der Waals surface area (Å²) in [6.07, 6.45) is 4.41. The summed E-state index contributed by atoms with van der Waals surface area (Å²) in [4.78, 5) is 4.88. The number of furan rings is 1. The molecule has 0 aliphatic carbocycles. The van der Waals surface area contributed by atoms with Gasteiger partial charge in [0.15, 0.2) is 0 Å². The zero-order valence-electron chi connectivity index (χ0n) is 11.8. The Kier molecular flexibility index (Phi) is 4.80. The van der Waals surface area contributed by atoms with Crippen molar-refractivity contribution in [2.24, 2.45) is 0 Å². The summed E-state index contributed by atoms with van der Waals surface area (Å²) in [5.41, 5.74) is 1.31. The van der Waals surface area contributed by atoms with Gasteiger partial charge in [-0.1, -0.05) is 0 Å². The van der Waals surface area contributed by atoms with Crippen molar-refractivity contribution in [1.29, 1.82) is 0 Å². The van der Waals surface area contributed by atoms with Crippen molar-refractivity contribution in [3.63, 3.8) is 0 Å². The van der Waals surface area contributed by atoms with Crippen LogP contribution < -0.4 is 5.32 Å². The molecular weight excluding hydrogens is 226 g/mol. The highest BCUT2D eigenvalue weighted by molar-refractivity contribution is 5.17. The van der Waals surface area contributed by atoms with E-state index in [1.54, 1.807) is 6.26 Å². The van der Waals surface area contributed by atoms with Gasteiger partial charge >= 0.3 is 0 Å². The Morgan fingerprint density at radius 2 is 2.39 bits per heavy atom. The molecular formula is C14H25N3O. The zero-order chi connectivity index (χ0) is 13.0. The van der Waals surface area contributed by atoms with Crippen LogP contribution in [-0.4, -0.2) is 50.1 Å². The molecule has 0 aromatic carbocycles. The molecule has 0 radical (unpaired) electrons. The number of hydrogen-bond donors (Lipinski definition) is 1. The fraction of sp³-hybridized carbons (Fsp3) is 0.714. The molecule has 18 heavy (non-hydrogen) atoms. The minimum atomic E-state index is 0.668. The fourth-order valence-corrected chi connectivity index (χ4v) is 2.72. The standard InChI is InChI=1S/C14H25N3O/c1-15-9-14-12(6-8-18-14)10-17(3)13-5-4-7-16(2)11-13/h6,8,13,15H,4-5,7,9-11H2,1-3H3. The van der Waals surface area contributed by atoms with Crippen LogP contribution in [0.2, 0.25) is 0 Å². The molecule has 0 saturated carbocycles. The Bertz CT molecular complexity index is 364. The third-order valence-corrected chi connectivity index (χ3v) is 3.82. The van der Waals surface area contributed by atoms with Gasteiger partial charge in [-0.15, -0.1) is 0 Å². The molecule has 1 aliphatic rings. The van der Waals surface area contributed by atoms with Crippen LogP contribution >= 0.6 is 0 Å². The van der Waals surface area contributed by atoms with Gasteiger partial charge in [-0.05, 0) is 46.6 Å². The second-order valence-electron chi connectivity index (χ2n) is 5.37. The number of rotatable bonds is 5. The highest BCUT2D eigenvalue weighted by atomic mass is 16.3. The summed E-state index contributed by atoms with van der Waals surface area (Å²) in [7, 11) is 6.39. The SMILES string of the molecule is CNCc1occc1CN(C)C1CCCN(C)C1. The van der Waals surface area contributed by atoms with Crippen LogP contribution in [0.15, 0.2) is 16.7 Å². The molecule has 1 aliphatic heterocycles. The molecule has 1 saturated heterocycles. The van der Waals surface area contributed by atoms with Gasteiger partial charge in [0.2, 0.25) is 0 Å². The quantitative estimate of drug-likeness (QED) is 0.860. The lowest BCUT2D eigenvalue weighted by atomic mass is 10.0. The Morgan fingerprint density at radius 1 is 1.56 bits per heavy atom. The first kappa shape index (κ1) is 13.6. The van der Waals surface area contributed by atoms with E-state index in [1.807, 2.05) is 7.05 Å². The first-order valence-electron chi connectivity index (χ1n) is 6.79. The molecule has 1 N–H and O–H groups in total. The third kappa shape index (κ3) is 3.34. The highest BCUT2D eigenvalue weighted by Gasteiger charge is 2.21. The van der Waals surface area contributed by atoms with Crippen molar-refractivity contribution >= 4 is 0 Å². The second kappa shape index (κ2) is 6.36. The maximum absolute atomic E-state index is 5.51. The smallest absolute Gasteiger partial charge is 0.122 e. The Hall–Kier alpha value is -0.840. The van der Waals surface area contributed by atoms with Crippen molar-refractivity contribution in [1.82, 2.24) is 15.1 Å². The Balaban J connectivity index is 1.93. The van der Waals surface area contributed by atoms with Gasteiger partial charge in [0.05, 0.1) is 12.8 Å². The Morgan fingerprint density at radius 3 is 3.11 bits per heavy atom. The molecule has 0 amide bonds. The van der Waals surface area contributed by atoms with Gasteiger partial charge < -0.3 is 14.6 Å². The zero-order valence-corrected chi connectivity index (χ0v) is 11.8. The predicted molar refractivity (Wildman–Crippen MR) is 73.5 cm³/mol. The summed E-state index contributed by atoms with van der Waals surface area (Å²) in [6, 6.07) is 2.76. The molecule has 0 bridgehead atoms. The van der Waals surface area contributed by atoms with Crippen LogP contribution in [-0.2, 0) is 13.1 Å². The number of nitrogens with zero attached hydrogens (tertiary/aromatic N) is 2. The molecule has 1 unspecified atom stereocenters. The number of likely N-dealkylation sites (tertiary alicyclic amines) is 1. The van der Waals surface area contributed by atoms with E-state index in [9.17, 15) is 0 Å². The summed E-state index contributed by atoms with van der Waals surface area (Å²) >= 11 is 0. The monoisotopic (exact) mass is 251 g/mol. The molecule has 2 heterocycles. The summed E-state index contributed by atoms with van der Waals surface area (Å²) < 4.78 is 5.51. The minimum Gasteiger partial charge on any atom is -0.468 e. The first-order chi connectivity index (χ1) is 8.70. The maximum Gasteiger partial charge on any atom is 0.122 e. The lowest BCUT2D eigenvalue weighted by molar-refractivity contribution is 0.129. The van der Waals surface area contributed by atoms with E-state index in [2.05, 4.69) is 35.3 Å². The summed E-state index contributed by atoms with van der Waals surface area (Å²) in [5, 5.41) is 3.15. The average molecular weight is 251 g/mol. The van der Waals surface area contributed by atoms with Crippen molar-refractivity contribution in [3.8, 4) is 0 Å². The fourth-order valence-electron chi connectivity index (χ4n) is 2.72. The molecule has 4 heteroatoms. The summed E-state index contributed by atoms with van der Waals surface area (Å²) in [6.45, 7) is 4.20. The van der Waals surface area contributed by atoms with Crippen molar-refractivity contribution in [2.45, 2.75) is 32.0 Å². The van der Waals surface area contributed by atoms with Crippen molar-refractivity contribution < 1.29 is 4.42 Å². The topological polar surface area (TPSA) is 31.7 Å². The number of piperidine rings is 1. The molecule has 4 nitrogen and oxygen atoms in total. The molecule has 0 spiro atoms. The molecule has 102 valence electrons. The van der Waals surface area contributed by atoms with E-state index in [0.717, 1.165) is 18.8 Å². The molecule has 1 aromatic heterocycles. The second-order valence-corrected chi connectivity index (χ2v) is 5.37. The van der Waals surface area contributed by atoms with Gasteiger partial charge in [0, 0.05) is 24.7 Å². The lowest BCUT2D eigenvalue weighted by Crippen LogP contribution is -2.44. The predicted octanol–water partition coefficient (Wildman–Crippen LogP) is 1.52. The van der Waals surface area contributed by atoms with Crippen LogP contribution in [0.4, 0.5) is 0 Å². The van der Waals surface area contributed by atoms with E-state index in [1.165, 1.54) is 31.5 Å². The van der Waals surface area contributed by atoms with E-state index in [0.29, 0.717) is 6.04 Å². The number of nitrogens with one attached hydrogen (secondary N) is 1. The van der Waals surface area contributed by atoms with Gasteiger partial charge in [-0.25, -0.2) is 0 Å². The first-order valence-corrected chi connectivity index (χ1v) is 6.79. The van der Waals surface area contributed by atoms with E-state index < -0.39 is 0 Å². The number of hydrogen-bond acceptors (Lipinski definition) is 4. The van der Waals surface area contributed by atoms with Gasteiger partial charge in [0.1, 0.15) is 5.76 Å². The van der Waals surface area contributed by atoms with Crippen LogP contribution in [0, 0.1) is 0 Å². The van der Waals surface area contributed by atoms with Gasteiger partial charge in [-0.3, -0.25) is 4.90 Å². The number of likely N-dealkylation sites (N-methyl/N-ethyl adjacent to an activating group) is 2. The minimum absolute atomic E-state index is 0.668. The van der Waals surface area contributed by atoms with Crippen molar-refractivity contribution in [3.05, 3.63) is 23.7 Å². The molecule has 1 atom stereocenters. The molecule has 2 rings (SSSR count). The highest BCUT2D eigenvalue weighted by Crippen LogP contribution is 2.18. The third-order valence-electron chi connectivity index (χ3n) is 3.82. The van der Waals surface area contributed by atoms with Crippen LogP contribution in [0.25, 0.3) is 0 Å². The summed E-state index contributed by atoms with van der Waals surface area (Å²) in [5.74, 6) is 1.06. The van der Waals surface area contributed by atoms with Gasteiger partial charge in [0.25, 0.3) is 0 Å². The lowest BCUT2D eigenvalue weighted by Gasteiger charge is -2.35. The molecule has 1 aromatic rings. The van der Waals surface area contributed by atoms with Crippen LogP contribution in [0.5, 0.6) is 0 Å². The Labute approximate surface area is 110 Å². The maximum atomic E-state index is 5.51. The van der Waals surface area contributed by atoms with Gasteiger partial charge in [-0.2, -0.15) is 0 Å².